The smallest absolute Gasteiger partial charge is 0.219 e. The Kier molecular flexibility index (Phi) is 250. The van der Waals surface area contributed by atoms with Crippen LogP contribution in [0.3, 0.4) is 0 Å². The number of hydrogen-bond donors (Lipinski definition) is 1. The first-order chi connectivity index (χ1) is 9.89. The van der Waals surface area contributed by atoms with Crippen LogP contribution in [0.5, 0.6) is 0 Å². The molecule has 8 nitrogen and oxygen atoms in total. The van der Waals surface area contributed by atoms with Gasteiger partial charge in [-0.3, -0.25) is 4.79 Å². The average Bonchev–Trinajstić information content (AvgIpc) is 2.86. The molecule has 9 heteroatoms. The van der Waals surface area contributed by atoms with Crippen molar-refractivity contribution in [2.45, 2.75) is 25.7 Å². The van der Waals surface area contributed by atoms with E-state index in [1.807, 2.05) is 0 Å². The average molecular weight is 331 g/mol. The van der Waals surface area contributed by atoms with Crippen molar-refractivity contribution in [1.29, 1.82) is 31.6 Å². The minimum Gasteiger partial charge on any atom is -0.356 e. The fourth-order valence-electron chi connectivity index (χ4n) is 0.904. The summed E-state index contributed by atoms with van der Waals surface area (Å²) in [6.45, 7) is 21.9. The third-order valence-corrected chi connectivity index (χ3v) is 1.40. The van der Waals surface area contributed by atoms with E-state index >= 15 is 0 Å². The van der Waals surface area contributed by atoms with E-state index in [9.17, 15) is 4.79 Å². The summed E-state index contributed by atoms with van der Waals surface area (Å²) in [5.74, 6) is 0.225. The summed E-state index contributed by atoms with van der Waals surface area (Å²) in [7, 11) is 0. The van der Waals surface area contributed by atoms with E-state index in [0.717, 1.165) is 25.8 Å². The molecular formula is C12H17FeN7O. The van der Waals surface area contributed by atoms with Crippen molar-refractivity contribution >= 4 is 5.91 Å². The number of nitrogens with zero attached hydrogens (tertiary/aromatic N) is 6. The maximum Gasteiger partial charge on any atom is 0.219 e. The fraction of sp³-hybridized carbons (Fsp3) is 0.417. The van der Waals surface area contributed by atoms with Crippen LogP contribution in [0.25, 0.3) is 0 Å². The predicted octanol–water partition coefficient (Wildman–Crippen LogP) is 1.51. The van der Waals surface area contributed by atoms with Crippen molar-refractivity contribution in [3.63, 3.8) is 0 Å². The number of rotatable bonds is 0. The summed E-state index contributed by atoms with van der Waals surface area (Å²) >= 11 is 0. The van der Waals surface area contributed by atoms with E-state index in [0.29, 0.717) is 0 Å². The van der Waals surface area contributed by atoms with Gasteiger partial charge in [-0.2, -0.15) is 0 Å². The van der Waals surface area contributed by atoms with Gasteiger partial charge in [0.25, 0.3) is 0 Å². The number of carbonyl (C=O) groups excluding carboxylic acids is 1. The maximum atomic E-state index is 10.6. The van der Waals surface area contributed by atoms with Gasteiger partial charge in [0.1, 0.15) is 0 Å². The van der Waals surface area contributed by atoms with E-state index in [2.05, 4.69) is 44.7 Å². The molecule has 1 amide bonds. The Labute approximate surface area is 136 Å². The molecule has 1 fully saturated rings. The molecular weight excluding hydrogens is 314 g/mol. The fourth-order valence-corrected chi connectivity index (χ4v) is 0.904. The molecule has 0 saturated carbocycles. The molecule has 1 N–H and O–H groups in total. The number of carbonyl (C=O) groups is 1. The van der Waals surface area contributed by atoms with Crippen LogP contribution < -0.4 is 5.32 Å². The van der Waals surface area contributed by atoms with Crippen LogP contribution in [-0.2, 0) is 21.9 Å². The van der Waals surface area contributed by atoms with Gasteiger partial charge < -0.3 is 5.32 Å². The molecule has 1 aliphatic heterocycles. The normalized spacial score (nSPS) is 8.86. The molecule has 0 bridgehead atoms. The summed E-state index contributed by atoms with van der Waals surface area (Å²) in [4.78, 5) is 10.6. The molecule has 1 saturated heterocycles. The molecule has 0 unspecified atom stereocenters. The van der Waals surface area contributed by atoms with E-state index in [-0.39, 0.29) is 23.0 Å². The summed E-state index contributed by atoms with van der Waals surface area (Å²) in [6.07, 6.45) is 4.18. The van der Waals surface area contributed by atoms with Crippen molar-refractivity contribution < 1.29 is 21.9 Å². The van der Waals surface area contributed by atoms with Crippen LogP contribution >= 0.6 is 0 Å². The molecule has 1 rings (SSSR count). The maximum absolute atomic E-state index is 10.6. The zero-order valence-corrected chi connectivity index (χ0v) is 12.5. The minimum atomic E-state index is 0. The van der Waals surface area contributed by atoms with Crippen LogP contribution in [-0.4, -0.2) is 12.5 Å². The van der Waals surface area contributed by atoms with Crippen molar-refractivity contribution in [2.24, 2.45) is 0 Å². The first kappa shape index (κ1) is 43.0. The molecule has 0 aromatic rings. The van der Waals surface area contributed by atoms with E-state index in [1.165, 1.54) is 6.42 Å². The second-order valence-corrected chi connectivity index (χ2v) is 2.16. The van der Waals surface area contributed by atoms with Gasteiger partial charge in [-0.25, -0.2) is 31.6 Å². The van der Waals surface area contributed by atoms with Crippen molar-refractivity contribution in [1.82, 2.24) is 5.32 Å². The minimum absolute atomic E-state index is 0. The van der Waals surface area contributed by atoms with Gasteiger partial charge in [0.05, 0.1) is 0 Å². The molecule has 0 aromatic carbocycles. The Morgan fingerprint density at radius 2 is 1.00 bits per heavy atom. The molecule has 1 aliphatic rings. The van der Waals surface area contributed by atoms with Crippen molar-refractivity contribution in [3.05, 3.63) is 0 Å². The van der Waals surface area contributed by atoms with Gasteiger partial charge in [0.2, 0.25) is 5.91 Å². The zero-order chi connectivity index (χ0) is 17.8. The van der Waals surface area contributed by atoms with Gasteiger partial charge in [0.15, 0.2) is 0 Å². The number of nitriles is 6. The molecule has 0 radical (unpaired) electrons. The first-order valence-electron chi connectivity index (χ1n) is 4.71. The molecule has 0 spiro atoms. The van der Waals surface area contributed by atoms with Gasteiger partial charge in [0, 0.05) is 69.5 Å². The Morgan fingerprint density at radius 3 is 1.33 bits per heavy atom. The quantitative estimate of drug-likeness (QED) is 0.655. The van der Waals surface area contributed by atoms with E-state index in [4.69, 9.17) is 31.6 Å². The largest absolute Gasteiger partial charge is 0.356 e. The van der Waals surface area contributed by atoms with Crippen molar-refractivity contribution in [3.8, 4) is 39.4 Å². The second-order valence-electron chi connectivity index (χ2n) is 2.16. The summed E-state index contributed by atoms with van der Waals surface area (Å²) in [5, 5.41) is 41.8. The van der Waals surface area contributed by atoms with Gasteiger partial charge >= 0.3 is 0 Å². The molecule has 0 aromatic heterocycles. The molecule has 114 valence electrons. The van der Waals surface area contributed by atoms with Crippen LogP contribution in [0.1, 0.15) is 25.7 Å². The van der Waals surface area contributed by atoms with Crippen molar-refractivity contribution in [2.75, 3.05) is 6.54 Å². The van der Waals surface area contributed by atoms with Crippen LogP contribution in [0, 0.1) is 71.0 Å². The van der Waals surface area contributed by atoms with E-state index < -0.39 is 0 Å². The van der Waals surface area contributed by atoms with Crippen LogP contribution in [0.2, 0.25) is 0 Å². The third-order valence-electron chi connectivity index (χ3n) is 1.40. The third kappa shape index (κ3) is 107. The number of amides is 1. The van der Waals surface area contributed by atoms with Gasteiger partial charge in [-0.05, 0) is 12.8 Å². The zero-order valence-electron chi connectivity index (χ0n) is 11.4. The SMILES string of the molecule is C#N.C#N.C#N.C#N.C#N.C#N.O=C1CCCCCN1.[Fe]. The summed E-state index contributed by atoms with van der Waals surface area (Å²) < 4.78 is 0. The Bertz CT molecular complexity index is 235. The molecule has 0 atom stereocenters. The van der Waals surface area contributed by atoms with E-state index in [1.54, 1.807) is 0 Å². The second kappa shape index (κ2) is 122. The monoisotopic (exact) mass is 331 g/mol. The Hall–Kier alpha value is -3.07. The first-order valence-corrected chi connectivity index (χ1v) is 4.71. The Morgan fingerprint density at radius 1 is 0.667 bits per heavy atom. The molecule has 0 aliphatic carbocycles. The van der Waals surface area contributed by atoms with Crippen LogP contribution in [0.15, 0.2) is 0 Å². The molecule has 1 heterocycles. The number of hydrogen-bond acceptors (Lipinski definition) is 7. The van der Waals surface area contributed by atoms with Crippen LogP contribution in [0.4, 0.5) is 0 Å². The Balaban J connectivity index is -0.0000000261. The number of nitrogens with one attached hydrogen (secondary N) is 1. The topological polar surface area (TPSA) is 172 Å². The standard InChI is InChI=1S/C6H11NO.6CHN.Fe/c8-6-4-2-1-3-5-7-6;6*1-2;/h1-5H2,(H,7,8);6*1H;. The predicted molar refractivity (Wildman–Crippen MR) is 71.5 cm³/mol. The molecule has 21 heavy (non-hydrogen) atoms. The summed E-state index contributed by atoms with van der Waals surface area (Å²) in [5.41, 5.74) is 0. The van der Waals surface area contributed by atoms with Gasteiger partial charge in [-0.1, -0.05) is 6.42 Å². The van der Waals surface area contributed by atoms with Gasteiger partial charge in [-0.15, -0.1) is 0 Å². The summed E-state index contributed by atoms with van der Waals surface area (Å²) in [6, 6.07) is 0.